The molecule has 0 bridgehead atoms. The number of fused-ring (bicyclic) bond motifs is 5. The van der Waals surface area contributed by atoms with Gasteiger partial charge in [-0.25, -0.2) is 15.0 Å². The Labute approximate surface area is 309 Å². The molecule has 0 saturated carbocycles. The van der Waals surface area contributed by atoms with Crippen molar-refractivity contribution < 1.29 is 0 Å². The van der Waals surface area contributed by atoms with Gasteiger partial charge < -0.3 is 0 Å². The SMILES string of the molecule is CC1(C)c2ccccc2-c2c(-c3nc(-c4ccc(-c5ccccc5)cc4)nc(-c4cccc5cccc(-c6ccc7ccccc7c6)c45)n3)cccc21. The van der Waals surface area contributed by atoms with Crippen LogP contribution in [0.2, 0.25) is 0 Å². The van der Waals surface area contributed by atoms with Crippen LogP contribution in [-0.2, 0) is 5.41 Å². The lowest BCUT2D eigenvalue weighted by atomic mass is 9.82. The normalized spacial score (nSPS) is 12.9. The minimum atomic E-state index is -0.141. The largest absolute Gasteiger partial charge is 0.208 e. The second-order valence-electron chi connectivity index (χ2n) is 14.4. The fraction of sp³-hybridized carbons (Fsp3) is 0.0600. The van der Waals surface area contributed by atoms with Crippen molar-refractivity contribution in [1.82, 2.24) is 15.0 Å². The van der Waals surface area contributed by atoms with Gasteiger partial charge in [-0.3, -0.25) is 0 Å². The first-order valence-corrected chi connectivity index (χ1v) is 18.2. The third-order valence-corrected chi connectivity index (χ3v) is 10.9. The standard InChI is InChI=1S/C50H35N3/c1-50(2)43-23-9-8-19-40(43)46-42(22-12-24-44(46)50)49-52-47(36-28-25-34(26-29-36)32-13-4-3-5-14-32)51-48(53-49)41-21-11-18-35-17-10-20-39(45(35)41)38-30-27-33-15-6-7-16-37(33)31-38/h3-31H,1-2H3. The van der Waals surface area contributed by atoms with Gasteiger partial charge >= 0.3 is 0 Å². The molecular formula is C50H35N3. The first-order valence-electron chi connectivity index (χ1n) is 18.2. The van der Waals surface area contributed by atoms with Crippen LogP contribution in [0, 0.1) is 0 Å². The zero-order valence-electron chi connectivity index (χ0n) is 29.6. The van der Waals surface area contributed by atoms with E-state index in [0.717, 1.165) is 44.2 Å². The smallest absolute Gasteiger partial charge is 0.164 e. The Balaban J connectivity index is 1.21. The van der Waals surface area contributed by atoms with Gasteiger partial charge in [0.25, 0.3) is 0 Å². The Hall–Kier alpha value is -6.71. The van der Waals surface area contributed by atoms with Crippen molar-refractivity contribution in [2.75, 3.05) is 0 Å². The highest BCUT2D eigenvalue weighted by atomic mass is 15.0. The average Bonchev–Trinajstić information content (AvgIpc) is 3.46. The highest BCUT2D eigenvalue weighted by Crippen LogP contribution is 2.51. The molecule has 250 valence electrons. The van der Waals surface area contributed by atoms with Crippen molar-refractivity contribution >= 4 is 21.5 Å². The van der Waals surface area contributed by atoms with Crippen LogP contribution >= 0.6 is 0 Å². The summed E-state index contributed by atoms with van der Waals surface area (Å²) in [5, 5.41) is 4.70. The van der Waals surface area contributed by atoms with Gasteiger partial charge in [0.1, 0.15) is 0 Å². The summed E-state index contributed by atoms with van der Waals surface area (Å²) in [6.07, 6.45) is 0. The number of aromatic nitrogens is 3. The van der Waals surface area contributed by atoms with Gasteiger partial charge in [0, 0.05) is 27.5 Å². The minimum absolute atomic E-state index is 0.141. The lowest BCUT2D eigenvalue weighted by Gasteiger charge is -2.21. The lowest BCUT2D eigenvalue weighted by molar-refractivity contribution is 0.660. The molecule has 0 spiro atoms. The second kappa shape index (κ2) is 12.2. The molecule has 1 aromatic heterocycles. The van der Waals surface area contributed by atoms with E-state index in [4.69, 9.17) is 15.0 Å². The highest BCUT2D eigenvalue weighted by molar-refractivity contribution is 6.06. The maximum absolute atomic E-state index is 5.38. The van der Waals surface area contributed by atoms with E-state index in [1.54, 1.807) is 0 Å². The zero-order chi connectivity index (χ0) is 35.5. The molecule has 1 heterocycles. The summed E-state index contributed by atoms with van der Waals surface area (Å²) >= 11 is 0. The van der Waals surface area contributed by atoms with E-state index in [1.807, 2.05) is 6.07 Å². The summed E-state index contributed by atoms with van der Waals surface area (Å²) in [4.78, 5) is 15.9. The zero-order valence-corrected chi connectivity index (χ0v) is 29.6. The van der Waals surface area contributed by atoms with Gasteiger partial charge in [0.05, 0.1) is 0 Å². The Morgan fingerprint density at radius 2 is 0.868 bits per heavy atom. The van der Waals surface area contributed by atoms with Crippen molar-refractivity contribution in [3.05, 3.63) is 187 Å². The van der Waals surface area contributed by atoms with Gasteiger partial charge in [0.15, 0.2) is 17.5 Å². The van der Waals surface area contributed by atoms with Crippen LogP contribution in [0.1, 0.15) is 25.0 Å². The Morgan fingerprint density at radius 3 is 1.68 bits per heavy atom. The molecule has 8 aromatic carbocycles. The molecule has 1 aliphatic rings. The van der Waals surface area contributed by atoms with Crippen LogP contribution in [0.3, 0.4) is 0 Å². The molecule has 0 N–H and O–H groups in total. The van der Waals surface area contributed by atoms with Crippen molar-refractivity contribution in [2.45, 2.75) is 19.3 Å². The van der Waals surface area contributed by atoms with Gasteiger partial charge in [-0.15, -0.1) is 0 Å². The van der Waals surface area contributed by atoms with Crippen molar-refractivity contribution in [2.24, 2.45) is 0 Å². The number of benzene rings is 8. The van der Waals surface area contributed by atoms with Crippen LogP contribution in [-0.4, -0.2) is 15.0 Å². The quantitative estimate of drug-likeness (QED) is 0.182. The van der Waals surface area contributed by atoms with E-state index in [0.29, 0.717) is 17.5 Å². The second-order valence-corrected chi connectivity index (χ2v) is 14.4. The summed E-state index contributed by atoms with van der Waals surface area (Å²) in [5.41, 5.74) is 12.5. The maximum atomic E-state index is 5.38. The summed E-state index contributed by atoms with van der Waals surface area (Å²) in [7, 11) is 0. The van der Waals surface area contributed by atoms with E-state index in [9.17, 15) is 0 Å². The van der Waals surface area contributed by atoms with Gasteiger partial charge in [-0.2, -0.15) is 0 Å². The molecule has 0 aliphatic heterocycles. The molecule has 53 heavy (non-hydrogen) atoms. The first-order chi connectivity index (χ1) is 26.0. The molecule has 0 amide bonds. The fourth-order valence-corrected chi connectivity index (χ4v) is 8.25. The molecule has 0 atom stereocenters. The van der Waals surface area contributed by atoms with Gasteiger partial charge in [-0.05, 0) is 66.7 Å². The first kappa shape index (κ1) is 31.1. The molecule has 0 unspecified atom stereocenters. The molecule has 10 rings (SSSR count). The molecule has 3 heteroatoms. The molecule has 3 nitrogen and oxygen atoms in total. The van der Waals surface area contributed by atoms with E-state index in [-0.39, 0.29) is 5.41 Å². The molecule has 0 radical (unpaired) electrons. The Morgan fingerprint density at radius 1 is 0.340 bits per heavy atom. The van der Waals surface area contributed by atoms with Crippen LogP contribution in [0.5, 0.6) is 0 Å². The van der Waals surface area contributed by atoms with Gasteiger partial charge in [0.2, 0.25) is 0 Å². The number of hydrogen-bond acceptors (Lipinski definition) is 3. The highest BCUT2D eigenvalue weighted by Gasteiger charge is 2.37. The summed E-state index contributed by atoms with van der Waals surface area (Å²) in [6.45, 7) is 4.62. The predicted octanol–water partition coefficient (Wildman–Crippen LogP) is 12.8. The van der Waals surface area contributed by atoms with E-state index in [1.165, 1.54) is 38.6 Å². The predicted molar refractivity (Wildman–Crippen MR) is 220 cm³/mol. The number of nitrogens with zero attached hydrogens (tertiary/aromatic N) is 3. The number of hydrogen-bond donors (Lipinski definition) is 0. The summed E-state index contributed by atoms with van der Waals surface area (Å²) < 4.78 is 0. The molecule has 0 saturated heterocycles. The van der Waals surface area contributed by atoms with Crippen LogP contribution in [0.4, 0.5) is 0 Å². The maximum Gasteiger partial charge on any atom is 0.164 e. The van der Waals surface area contributed by atoms with E-state index in [2.05, 4.69) is 184 Å². The van der Waals surface area contributed by atoms with Crippen LogP contribution in [0.15, 0.2) is 176 Å². The van der Waals surface area contributed by atoms with E-state index >= 15 is 0 Å². The third-order valence-electron chi connectivity index (χ3n) is 10.9. The monoisotopic (exact) mass is 677 g/mol. The third kappa shape index (κ3) is 5.16. The molecule has 1 aliphatic carbocycles. The fourth-order valence-electron chi connectivity index (χ4n) is 8.25. The average molecular weight is 678 g/mol. The molecule has 0 fully saturated rings. The van der Waals surface area contributed by atoms with E-state index < -0.39 is 0 Å². The van der Waals surface area contributed by atoms with Gasteiger partial charge in [-0.1, -0.05) is 184 Å². The minimum Gasteiger partial charge on any atom is -0.208 e. The summed E-state index contributed by atoms with van der Waals surface area (Å²) in [6, 6.07) is 62.6. The number of rotatable bonds is 5. The molecule has 9 aromatic rings. The van der Waals surface area contributed by atoms with Crippen LogP contribution in [0.25, 0.3) is 89.1 Å². The summed E-state index contributed by atoms with van der Waals surface area (Å²) in [5.74, 6) is 1.97. The topological polar surface area (TPSA) is 38.7 Å². The Bertz CT molecular complexity index is 2850. The van der Waals surface area contributed by atoms with Crippen LogP contribution < -0.4 is 0 Å². The molecular weight excluding hydrogens is 643 g/mol. The Kier molecular flexibility index (Phi) is 7.16. The van der Waals surface area contributed by atoms with Crippen molar-refractivity contribution in [3.63, 3.8) is 0 Å². The van der Waals surface area contributed by atoms with Crippen molar-refractivity contribution in [3.8, 4) is 67.5 Å². The lowest BCUT2D eigenvalue weighted by Crippen LogP contribution is -2.14. The van der Waals surface area contributed by atoms with Crippen molar-refractivity contribution in [1.29, 1.82) is 0 Å².